The molecule has 0 saturated carbocycles. The summed E-state index contributed by atoms with van der Waals surface area (Å²) in [5, 5.41) is 0. The van der Waals surface area contributed by atoms with Crippen LogP contribution in [0, 0.1) is 0 Å². The van der Waals surface area contributed by atoms with Gasteiger partial charge in [0.1, 0.15) is 0 Å². The highest BCUT2D eigenvalue weighted by Crippen LogP contribution is 1.35. The van der Waals surface area contributed by atoms with Crippen LogP contribution in [0.4, 0.5) is 0 Å². The van der Waals surface area contributed by atoms with Gasteiger partial charge in [0.25, 0.3) is 6.47 Å². The maximum absolute atomic E-state index is 8.95. The number of hydrogen-bond acceptors (Lipinski definition) is 3. The number of ether oxygens (including phenoxy) is 1. The van der Waals surface area contributed by atoms with Crippen molar-refractivity contribution in [2.24, 2.45) is 0 Å². The SMILES string of the molecule is COC=O.Cl.N. The number of methoxy groups -OCH3 is 1. The fraction of sp³-hybridized carbons (Fsp3) is 0.500. The van der Waals surface area contributed by atoms with Gasteiger partial charge >= 0.3 is 0 Å². The lowest BCUT2D eigenvalue weighted by Gasteiger charge is -1.67. The lowest BCUT2D eigenvalue weighted by molar-refractivity contribution is -0.126. The lowest BCUT2D eigenvalue weighted by Crippen LogP contribution is -1.68. The number of halogens is 1. The third kappa shape index (κ3) is 53.1. The topological polar surface area (TPSA) is 61.3 Å². The van der Waals surface area contributed by atoms with E-state index in [0.29, 0.717) is 6.47 Å². The average Bonchev–Trinajstić information content (AvgIpc) is 1.37. The lowest BCUT2D eigenvalue weighted by atomic mass is 11.5. The summed E-state index contributed by atoms with van der Waals surface area (Å²) in [6.07, 6.45) is 0. The molecule has 0 saturated heterocycles. The molecule has 4 heteroatoms. The van der Waals surface area contributed by atoms with Crippen molar-refractivity contribution in [2.45, 2.75) is 0 Å². The summed E-state index contributed by atoms with van der Waals surface area (Å²) in [6, 6.07) is 0. The van der Waals surface area contributed by atoms with Crippen LogP contribution in [0.3, 0.4) is 0 Å². The van der Waals surface area contributed by atoms with Gasteiger partial charge in [-0.3, -0.25) is 4.79 Å². The van der Waals surface area contributed by atoms with Gasteiger partial charge in [-0.1, -0.05) is 0 Å². The molecule has 0 unspecified atom stereocenters. The van der Waals surface area contributed by atoms with Crippen molar-refractivity contribution in [3.63, 3.8) is 0 Å². The maximum atomic E-state index is 8.95. The predicted octanol–water partition coefficient (Wildman–Crippen LogP) is 0.373. The Morgan fingerprint density at radius 2 is 1.83 bits per heavy atom. The summed E-state index contributed by atoms with van der Waals surface area (Å²) >= 11 is 0. The molecular formula is C2H8ClNO2. The normalized spacial score (nSPS) is 3.50. The number of carbonyl (C=O) groups is 1. The Hall–Kier alpha value is -0.280. The van der Waals surface area contributed by atoms with E-state index in [0.717, 1.165) is 0 Å². The Labute approximate surface area is 42.7 Å². The molecule has 0 heterocycles. The van der Waals surface area contributed by atoms with Crippen molar-refractivity contribution < 1.29 is 9.53 Å². The summed E-state index contributed by atoms with van der Waals surface area (Å²) in [6.45, 7) is 0.375. The first kappa shape index (κ1) is 17.2. The van der Waals surface area contributed by atoms with Crippen molar-refractivity contribution in [3.05, 3.63) is 0 Å². The molecule has 0 aliphatic heterocycles. The van der Waals surface area contributed by atoms with Crippen molar-refractivity contribution in [3.8, 4) is 0 Å². The van der Waals surface area contributed by atoms with Crippen LogP contribution in [0.2, 0.25) is 0 Å². The van der Waals surface area contributed by atoms with Crippen LogP contribution in [0.25, 0.3) is 0 Å². The minimum absolute atomic E-state index is 0. The van der Waals surface area contributed by atoms with Crippen LogP contribution in [0.15, 0.2) is 0 Å². The summed E-state index contributed by atoms with van der Waals surface area (Å²) < 4.78 is 3.86. The fourth-order valence-electron chi connectivity index (χ4n) is 0. The van der Waals surface area contributed by atoms with E-state index in [1.807, 2.05) is 0 Å². The zero-order valence-corrected chi connectivity index (χ0v) is 4.33. The Morgan fingerprint density at radius 1 is 1.67 bits per heavy atom. The minimum Gasteiger partial charge on any atom is -0.471 e. The van der Waals surface area contributed by atoms with Gasteiger partial charge in [0.15, 0.2) is 0 Å². The van der Waals surface area contributed by atoms with Crippen molar-refractivity contribution in [1.82, 2.24) is 6.15 Å². The molecular weight excluding hydrogens is 105 g/mol. The Kier molecular flexibility index (Phi) is 63.4. The van der Waals surface area contributed by atoms with E-state index in [9.17, 15) is 0 Å². The second-order valence-electron chi connectivity index (χ2n) is 0.332. The molecule has 40 valence electrons. The molecule has 0 aromatic rings. The molecule has 0 atom stereocenters. The number of rotatable bonds is 1. The van der Waals surface area contributed by atoms with Crippen molar-refractivity contribution in [1.29, 1.82) is 0 Å². The van der Waals surface area contributed by atoms with Crippen LogP contribution in [-0.4, -0.2) is 13.6 Å². The molecule has 0 spiro atoms. The second-order valence-corrected chi connectivity index (χ2v) is 0.332. The third-order valence-corrected chi connectivity index (χ3v) is 0.0962. The van der Waals surface area contributed by atoms with Gasteiger partial charge < -0.3 is 10.9 Å². The van der Waals surface area contributed by atoms with E-state index in [4.69, 9.17) is 4.79 Å². The first-order valence-electron chi connectivity index (χ1n) is 0.880. The average molecular weight is 114 g/mol. The zero-order valence-electron chi connectivity index (χ0n) is 3.51. The van der Waals surface area contributed by atoms with Crippen LogP contribution in [-0.2, 0) is 9.53 Å². The first-order valence-corrected chi connectivity index (χ1v) is 0.880. The van der Waals surface area contributed by atoms with Crippen LogP contribution < -0.4 is 6.15 Å². The predicted molar refractivity (Wildman–Crippen MR) is 25.3 cm³/mol. The van der Waals surface area contributed by atoms with E-state index in [2.05, 4.69) is 4.74 Å². The zero-order chi connectivity index (χ0) is 3.41. The van der Waals surface area contributed by atoms with Gasteiger partial charge in [-0.15, -0.1) is 12.4 Å². The van der Waals surface area contributed by atoms with Gasteiger partial charge in [-0.25, -0.2) is 0 Å². The molecule has 0 rings (SSSR count). The van der Waals surface area contributed by atoms with Crippen LogP contribution >= 0.6 is 12.4 Å². The molecule has 0 aliphatic rings. The van der Waals surface area contributed by atoms with Gasteiger partial charge in [-0.05, 0) is 0 Å². The van der Waals surface area contributed by atoms with Gasteiger partial charge in [-0.2, -0.15) is 0 Å². The molecule has 0 amide bonds. The Bertz CT molecular complexity index is 25.5. The molecule has 0 aliphatic carbocycles. The van der Waals surface area contributed by atoms with Gasteiger partial charge in [0, 0.05) is 0 Å². The van der Waals surface area contributed by atoms with Crippen molar-refractivity contribution in [2.75, 3.05) is 7.11 Å². The quantitative estimate of drug-likeness (QED) is 0.500. The van der Waals surface area contributed by atoms with E-state index < -0.39 is 0 Å². The number of carbonyl (C=O) groups excluding carboxylic acids is 1. The van der Waals surface area contributed by atoms with E-state index in [-0.39, 0.29) is 18.6 Å². The van der Waals surface area contributed by atoms with Gasteiger partial charge in [0.2, 0.25) is 0 Å². The molecule has 3 nitrogen and oxygen atoms in total. The highest BCUT2D eigenvalue weighted by molar-refractivity contribution is 5.85. The van der Waals surface area contributed by atoms with E-state index in [1.54, 1.807) is 0 Å². The van der Waals surface area contributed by atoms with Crippen molar-refractivity contribution >= 4 is 18.9 Å². The molecule has 0 radical (unpaired) electrons. The summed E-state index contributed by atoms with van der Waals surface area (Å²) in [7, 11) is 1.31. The first-order chi connectivity index (χ1) is 1.91. The summed E-state index contributed by atoms with van der Waals surface area (Å²) in [5.74, 6) is 0. The minimum atomic E-state index is 0. The molecule has 3 N–H and O–H groups in total. The highest BCUT2D eigenvalue weighted by Gasteiger charge is 1.44. The van der Waals surface area contributed by atoms with E-state index in [1.165, 1.54) is 7.11 Å². The largest absolute Gasteiger partial charge is 0.471 e. The summed E-state index contributed by atoms with van der Waals surface area (Å²) in [4.78, 5) is 8.95. The van der Waals surface area contributed by atoms with E-state index >= 15 is 0 Å². The third-order valence-electron chi connectivity index (χ3n) is 0.0962. The Balaban J connectivity index is -0.0000000450. The second kappa shape index (κ2) is 22.1. The molecule has 6 heavy (non-hydrogen) atoms. The summed E-state index contributed by atoms with van der Waals surface area (Å²) in [5.41, 5.74) is 0. The molecule has 0 bridgehead atoms. The van der Waals surface area contributed by atoms with Crippen LogP contribution in [0.5, 0.6) is 0 Å². The molecule has 0 fully saturated rings. The molecule has 0 aromatic heterocycles. The Morgan fingerprint density at radius 3 is 1.83 bits per heavy atom. The number of hydrogen-bond donors (Lipinski definition) is 1. The smallest absolute Gasteiger partial charge is 0.292 e. The van der Waals surface area contributed by atoms with Crippen LogP contribution in [0.1, 0.15) is 0 Å². The highest BCUT2D eigenvalue weighted by atomic mass is 35.5. The monoisotopic (exact) mass is 113 g/mol. The standard InChI is InChI=1S/C2H4O2.ClH.H3N/c1-4-2-3;;/h2H,1H3;1H;1H3. The molecule has 0 aromatic carbocycles. The fourth-order valence-corrected chi connectivity index (χ4v) is 0. The van der Waals surface area contributed by atoms with Gasteiger partial charge in [0.05, 0.1) is 7.11 Å². The maximum Gasteiger partial charge on any atom is 0.292 e.